The second-order valence-electron chi connectivity index (χ2n) is 8.09. The van der Waals surface area contributed by atoms with Crippen LogP contribution in [0.4, 0.5) is 24.0 Å². The summed E-state index contributed by atoms with van der Waals surface area (Å²) in [4.78, 5) is 26.1. The summed E-state index contributed by atoms with van der Waals surface area (Å²) in [5, 5.41) is 6.25. The van der Waals surface area contributed by atoms with Crippen molar-refractivity contribution in [1.29, 1.82) is 0 Å². The lowest BCUT2D eigenvalue weighted by molar-refractivity contribution is -0.137. The number of halogens is 3. The number of amides is 1. The molecule has 3 aromatic heterocycles. The third-order valence-electron chi connectivity index (χ3n) is 5.20. The van der Waals surface area contributed by atoms with Crippen LogP contribution in [0.1, 0.15) is 33.9 Å². The van der Waals surface area contributed by atoms with Crippen LogP contribution >= 0.6 is 11.3 Å². The van der Waals surface area contributed by atoms with E-state index in [0.717, 1.165) is 23.3 Å². The van der Waals surface area contributed by atoms with Gasteiger partial charge in [0.25, 0.3) is 5.91 Å². The Hall–Kier alpha value is -3.52. The summed E-state index contributed by atoms with van der Waals surface area (Å²) in [5.41, 5.74) is 0.977. The van der Waals surface area contributed by atoms with E-state index in [1.807, 2.05) is 0 Å². The molecule has 0 aliphatic rings. The average molecular weight is 539 g/mol. The van der Waals surface area contributed by atoms with Crippen LogP contribution in [0.2, 0.25) is 0 Å². The van der Waals surface area contributed by atoms with Gasteiger partial charge in [0, 0.05) is 29.6 Å². The second-order valence-corrected chi connectivity index (χ2v) is 11.4. The topological polar surface area (TPSA) is 119 Å². The molecule has 0 saturated carbocycles. The fourth-order valence-corrected chi connectivity index (χ4v) is 4.65. The van der Waals surface area contributed by atoms with Gasteiger partial charge in [-0.3, -0.25) is 4.79 Å². The van der Waals surface area contributed by atoms with Gasteiger partial charge >= 0.3 is 6.18 Å². The summed E-state index contributed by atoms with van der Waals surface area (Å²) in [6.07, 6.45) is 1.27. The lowest BCUT2D eigenvalue weighted by atomic mass is 10.2. The molecule has 36 heavy (non-hydrogen) atoms. The zero-order chi connectivity index (χ0) is 26.1. The van der Waals surface area contributed by atoms with E-state index in [9.17, 15) is 26.4 Å². The zero-order valence-electron chi connectivity index (χ0n) is 19.1. The summed E-state index contributed by atoms with van der Waals surface area (Å²) < 4.78 is 62.8. The standard InChI is InChI=1S/C22H21F3N6O3S2/c1-13(19-11-27-21(35-19)30-15-5-3-14(4-6-15)22(23,24)25)29-20(32)16-9-18-17(10-26-16)28-12-31(18)7-8-36(2,33)34/h3-6,9-13H,7-8H2,1-2H3,(H,27,30)(H,29,32). The molecule has 0 radical (unpaired) electrons. The van der Waals surface area contributed by atoms with Crippen molar-refractivity contribution in [3.05, 3.63) is 65.2 Å². The van der Waals surface area contributed by atoms with Crippen LogP contribution in [0.3, 0.4) is 0 Å². The molecule has 1 atom stereocenters. The van der Waals surface area contributed by atoms with Crippen LogP contribution in [0.15, 0.2) is 49.1 Å². The molecule has 0 fully saturated rings. The van der Waals surface area contributed by atoms with Gasteiger partial charge in [-0.2, -0.15) is 13.2 Å². The number of imidazole rings is 1. The molecule has 3 heterocycles. The van der Waals surface area contributed by atoms with Crippen molar-refractivity contribution in [2.45, 2.75) is 25.7 Å². The molecule has 190 valence electrons. The Morgan fingerprint density at radius 1 is 1.14 bits per heavy atom. The zero-order valence-corrected chi connectivity index (χ0v) is 20.7. The minimum Gasteiger partial charge on any atom is -0.343 e. The molecule has 0 saturated heterocycles. The minimum atomic E-state index is -4.41. The van der Waals surface area contributed by atoms with Gasteiger partial charge in [0.2, 0.25) is 0 Å². The number of fused-ring (bicyclic) bond motifs is 1. The van der Waals surface area contributed by atoms with Crippen LogP contribution < -0.4 is 10.6 Å². The first-order valence-corrected chi connectivity index (χ1v) is 13.5. The molecule has 1 aromatic carbocycles. The van der Waals surface area contributed by atoms with Gasteiger partial charge in [0.1, 0.15) is 21.0 Å². The highest BCUT2D eigenvalue weighted by molar-refractivity contribution is 7.90. The van der Waals surface area contributed by atoms with E-state index < -0.39 is 33.5 Å². The number of rotatable bonds is 8. The van der Waals surface area contributed by atoms with Gasteiger partial charge in [-0.1, -0.05) is 11.3 Å². The second kappa shape index (κ2) is 9.85. The van der Waals surface area contributed by atoms with Crippen molar-refractivity contribution in [2.75, 3.05) is 17.3 Å². The number of thiazole rings is 1. The summed E-state index contributed by atoms with van der Waals surface area (Å²) in [6, 6.07) is 5.73. The van der Waals surface area contributed by atoms with Crippen LogP contribution in [0, 0.1) is 0 Å². The summed E-state index contributed by atoms with van der Waals surface area (Å²) in [7, 11) is -3.17. The van der Waals surface area contributed by atoms with Crippen molar-refractivity contribution >= 4 is 48.9 Å². The van der Waals surface area contributed by atoms with Crippen molar-refractivity contribution in [3.8, 4) is 0 Å². The maximum absolute atomic E-state index is 12.8. The third-order valence-corrected chi connectivity index (χ3v) is 7.22. The Morgan fingerprint density at radius 3 is 2.53 bits per heavy atom. The maximum atomic E-state index is 12.8. The monoisotopic (exact) mass is 538 g/mol. The van der Waals surface area contributed by atoms with E-state index in [-0.39, 0.29) is 18.0 Å². The van der Waals surface area contributed by atoms with Crippen LogP contribution in [0.5, 0.6) is 0 Å². The maximum Gasteiger partial charge on any atom is 0.416 e. The van der Waals surface area contributed by atoms with Crippen LogP contribution in [-0.2, 0) is 22.6 Å². The minimum absolute atomic E-state index is 0.0619. The Morgan fingerprint density at radius 2 is 1.86 bits per heavy atom. The number of alkyl halides is 3. The van der Waals surface area contributed by atoms with Crippen molar-refractivity contribution < 1.29 is 26.4 Å². The van der Waals surface area contributed by atoms with Gasteiger partial charge in [-0.15, -0.1) is 0 Å². The first-order valence-electron chi connectivity index (χ1n) is 10.6. The lowest BCUT2D eigenvalue weighted by Gasteiger charge is -2.11. The van der Waals surface area contributed by atoms with E-state index >= 15 is 0 Å². The fourth-order valence-electron chi connectivity index (χ4n) is 3.28. The molecule has 4 rings (SSSR count). The molecule has 1 unspecified atom stereocenters. The number of carbonyl (C=O) groups excluding carboxylic acids is 1. The van der Waals surface area contributed by atoms with Crippen LogP contribution in [0.25, 0.3) is 11.0 Å². The summed E-state index contributed by atoms with van der Waals surface area (Å²) >= 11 is 1.25. The largest absolute Gasteiger partial charge is 0.416 e. The number of sulfone groups is 1. The SMILES string of the molecule is CC(NC(=O)c1cc2c(cn1)ncn2CCS(C)(=O)=O)c1cnc(Nc2ccc(C(F)(F)F)cc2)s1. The molecule has 0 bridgehead atoms. The number of benzene rings is 1. The Bertz CT molecular complexity index is 1500. The van der Waals surface area contributed by atoms with E-state index in [0.29, 0.717) is 21.9 Å². The first-order chi connectivity index (χ1) is 16.9. The van der Waals surface area contributed by atoms with Crippen LogP contribution in [-0.4, -0.2) is 45.9 Å². The van der Waals surface area contributed by atoms with Gasteiger partial charge in [-0.25, -0.2) is 23.4 Å². The Labute approximate surface area is 208 Å². The lowest BCUT2D eigenvalue weighted by Crippen LogP contribution is -2.27. The van der Waals surface area contributed by atoms with Crippen molar-refractivity contribution in [3.63, 3.8) is 0 Å². The molecular formula is C22H21F3N6O3S2. The molecule has 1 amide bonds. The number of nitrogens with one attached hydrogen (secondary N) is 2. The predicted molar refractivity (Wildman–Crippen MR) is 130 cm³/mol. The van der Waals surface area contributed by atoms with Gasteiger partial charge in [0.15, 0.2) is 5.13 Å². The average Bonchev–Trinajstić information content (AvgIpc) is 3.43. The van der Waals surface area contributed by atoms with E-state index in [1.54, 1.807) is 23.8 Å². The molecule has 9 nitrogen and oxygen atoms in total. The molecular weight excluding hydrogens is 517 g/mol. The number of anilines is 2. The molecule has 0 aliphatic heterocycles. The quantitative estimate of drug-likeness (QED) is 0.345. The summed E-state index contributed by atoms with van der Waals surface area (Å²) in [6.45, 7) is 1.97. The van der Waals surface area contributed by atoms with E-state index in [4.69, 9.17) is 0 Å². The van der Waals surface area contributed by atoms with E-state index in [1.165, 1.54) is 36.0 Å². The molecule has 2 N–H and O–H groups in total. The number of hydrogen-bond donors (Lipinski definition) is 2. The predicted octanol–water partition coefficient (Wildman–Crippen LogP) is 4.19. The van der Waals surface area contributed by atoms with Crippen molar-refractivity contribution in [1.82, 2.24) is 24.8 Å². The van der Waals surface area contributed by atoms with Gasteiger partial charge < -0.3 is 15.2 Å². The smallest absolute Gasteiger partial charge is 0.343 e. The van der Waals surface area contributed by atoms with Crippen molar-refractivity contribution in [2.24, 2.45) is 0 Å². The van der Waals surface area contributed by atoms with E-state index in [2.05, 4.69) is 25.6 Å². The Kier molecular flexibility index (Phi) is 7.00. The fraction of sp³-hybridized carbons (Fsp3) is 0.273. The normalized spacial score (nSPS) is 13.0. The highest BCUT2D eigenvalue weighted by atomic mass is 32.2. The molecule has 14 heteroatoms. The first kappa shape index (κ1) is 25.6. The Balaban J connectivity index is 1.42. The summed E-state index contributed by atoms with van der Waals surface area (Å²) in [5.74, 6) is -0.501. The number of hydrogen-bond acceptors (Lipinski definition) is 8. The number of aryl methyl sites for hydroxylation is 1. The third kappa shape index (κ3) is 6.18. The highest BCUT2D eigenvalue weighted by Crippen LogP contribution is 2.31. The highest BCUT2D eigenvalue weighted by Gasteiger charge is 2.30. The van der Waals surface area contributed by atoms with Gasteiger partial charge in [0.05, 0.1) is 35.4 Å². The number of carbonyl (C=O) groups is 1. The van der Waals surface area contributed by atoms with Gasteiger partial charge in [-0.05, 0) is 37.3 Å². The number of nitrogens with zero attached hydrogens (tertiary/aromatic N) is 4. The number of aromatic nitrogens is 4. The molecule has 0 spiro atoms. The number of pyridine rings is 1. The molecule has 0 aliphatic carbocycles. The molecule has 4 aromatic rings.